The van der Waals surface area contributed by atoms with Gasteiger partial charge in [0.15, 0.2) is 20.1 Å². The molecule has 3 rings (SSSR count). The topological polar surface area (TPSA) is 93.2 Å². The summed E-state index contributed by atoms with van der Waals surface area (Å²) in [6, 6.07) is 4.38. The number of ketones is 1. The first kappa shape index (κ1) is 20.9. The number of rotatable bonds is 6. The predicted molar refractivity (Wildman–Crippen MR) is 105 cm³/mol. The molecule has 0 saturated heterocycles. The third-order valence-electron chi connectivity index (χ3n) is 4.70. The lowest BCUT2D eigenvalue weighted by atomic mass is 9.87. The molecule has 2 aromatic rings. The summed E-state index contributed by atoms with van der Waals surface area (Å²) in [4.78, 5) is 28.3. The Hall–Kier alpha value is -1.84. The van der Waals surface area contributed by atoms with Gasteiger partial charge in [0, 0.05) is 19.1 Å². The summed E-state index contributed by atoms with van der Waals surface area (Å²) in [6.07, 6.45) is 4.07. The average molecular weight is 445 g/mol. The van der Waals surface area contributed by atoms with E-state index in [0.717, 1.165) is 12.5 Å². The van der Waals surface area contributed by atoms with E-state index in [1.54, 1.807) is 6.07 Å². The van der Waals surface area contributed by atoms with Crippen LogP contribution in [-0.2, 0) is 19.4 Å². The van der Waals surface area contributed by atoms with Crippen molar-refractivity contribution in [3.63, 3.8) is 0 Å². The molecule has 1 aliphatic rings. The Morgan fingerprint density at radius 1 is 1.46 bits per heavy atom. The number of carbonyl (C=O) groups excluding carboxylic acids is 2. The van der Waals surface area contributed by atoms with Crippen LogP contribution < -0.4 is 5.32 Å². The monoisotopic (exact) mass is 444 g/mol. The van der Waals surface area contributed by atoms with Crippen molar-refractivity contribution in [3.8, 4) is 0 Å². The van der Waals surface area contributed by atoms with Gasteiger partial charge in [-0.25, -0.2) is 13.4 Å². The quantitative estimate of drug-likeness (QED) is 0.731. The molecule has 10 heteroatoms. The van der Waals surface area contributed by atoms with Gasteiger partial charge < -0.3 is 5.32 Å². The number of nitrogens with one attached hydrogen (secondary N) is 1. The fourth-order valence-corrected chi connectivity index (χ4v) is 5.24. The Kier molecular flexibility index (Phi) is 6.16. The SMILES string of the molecule is CS(=O)(=O)c1ccc([C@@H](C[C@H]2CCC(=O)C2)C(=O)Nc2ncc(F)s2)cc1Cl. The van der Waals surface area contributed by atoms with Gasteiger partial charge >= 0.3 is 0 Å². The summed E-state index contributed by atoms with van der Waals surface area (Å²) in [6.45, 7) is 0. The van der Waals surface area contributed by atoms with Crippen LogP contribution in [0.3, 0.4) is 0 Å². The van der Waals surface area contributed by atoms with Crippen molar-refractivity contribution in [2.45, 2.75) is 36.5 Å². The van der Waals surface area contributed by atoms with Crippen LogP contribution in [0.15, 0.2) is 29.3 Å². The van der Waals surface area contributed by atoms with Crippen molar-refractivity contribution in [1.82, 2.24) is 4.98 Å². The van der Waals surface area contributed by atoms with Crippen molar-refractivity contribution in [2.75, 3.05) is 11.6 Å². The Labute approximate surface area is 171 Å². The number of halogens is 2. The number of aromatic nitrogens is 1. The van der Waals surface area contributed by atoms with Crippen molar-refractivity contribution >= 4 is 49.6 Å². The smallest absolute Gasteiger partial charge is 0.233 e. The average Bonchev–Trinajstić information content (AvgIpc) is 3.19. The maximum absolute atomic E-state index is 13.2. The number of hydrogen-bond acceptors (Lipinski definition) is 6. The lowest BCUT2D eigenvalue weighted by Crippen LogP contribution is -2.23. The van der Waals surface area contributed by atoms with E-state index in [4.69, 9.17) is 11.6 Å². The highest BCUT2D eigenvalue weighted by atomic mass is 35.5. The Morgan fingerprint density at radius 3 is 2.75 bits per heavy atom. The van der Waals surface area contributed by atoms with E-state index in [9.17, 15) is 22.4 Å². The highest BCUT2D eigenvalue weighted by Gasteiger charge is 2.30. The van der Waals surface area contributed by atoms with Gasteiger partial charge in [-0.15, -0.1) is 0 Å². The van der Waals surface area contributed by atoms with Gasteiger partial charge in [-0.3, -0.25) is 9.59 Å². The van der Waals surface area contributed by atoms with E-state index in [1.807, 2.05) is 0 Å². The largest absolute Gasteiger partial charge is 0.301 e. The minimum Gasteiger partial charge on any atom is -0.301 e. The lowest BCUT2D eigenvalue weighted by Gasteiger charge is -2.20. The first-order valence-corrected chi connectivity index (χ1v) is 11.7. The van der Waals surface area contributed by atoms with Gasteiger partial charge in [-0.1, -0.05) is 29.0 Å². The number of benzene rings is 1. The molecule has 0 spiro atoms. The van der Waals surface area contributed by atoms with E-state index < -0.39 is 26.8 Å². The molecular formula is C18H18ClFN2O4S2. The third kappa shape index (κ3) is 4.95. The molecule has 0 radical (unpaired) electrons. The van der Waals surface area contributed by atoms with Crippen molar-refractivity contribution < 1.29 is 22.4 Å². The molecule has 150 valence electrons. The van der Waals surface area contributed by atoms with E-state index in [1.165, 1.54) is 12.1 Å². The number of sulfone groups is 1. The van der Waals surface area contributed by atoms with Gasteiger partial charge in [0.05, 0.1) is 22.0 Å². The number of nitrogens with zero attached hydrogens (tertiary/aromatic N) is 1. The van der Waals surface area contributed by atoms with Crippen LogP contribution in [0.2, 0.25) is 5.02 Å². The summed E-state index contributed by atoms with van der Waals surface area (Å²) in [5.41, 5.74) is 0.534. The molecule has 2 atom stereocenters. The highest BCUT2D eigenvalue weighted by molar-refractivity contribution is 7.90. The van der Waals surface area contributed by atoms with E-state index in [2.05, 4.69) is 10.3 Å². The summed E-state index contributed by atoms with van der Waals surface area (Å²) < 4.78 is 36.7. The van der Waals surface area contributed by atoms with Crippen LogP contribution in [0.25, 0.3) is 0 Å². The Balaban J connectivity index is 1.90. The zero-order chi connectivity index (χ0) is 20.5. The molecule has 0 bridgehead atoms. The van der Waals surface area contributed by atoms with E-state index >= 15 is 0 Å². The third-order valence-corrected chi connectivity index (χ3v) is 6.98. The van der Waals surface area contributed by atoms with Crippen molar-refractivity contribution in [1.29, 1.82) is 0 Å². The number of carbonyl (C=O) groups is 2. The normalized spacial score (nSPS) is 18.2. The van der Waals surface area contributed by atoms with Crippen LogP contribution >= 0.6 is 22.9 Å². The molecule has 1 heterocycles. The van der Waals surface area contributed by atoms with E-state index in [-0.39, 0.29) is 26.8 Å². The minimum absolute atomic E-state index is 0.0184. The Bertz CT molecular complexity index is 1020. The number of amides is 1. The fraction of sp³-hybridized carbons (Fsp3) is 0.389. The van der Waals surface area contributed by atoms with Crippen LogP contribution in [0.5, 0.6) is 0 Å². The maximum atomic E-state index is 13.2. The molecule has 1 aromatic carbocycles. The number of hydrogen-bond donors (Lipinski definition) is 1. The molecule has 0 aliphatic heterocycles. The highest BCUT2D eigenvalue weighted by Crippen LogP contribution is 2.35. The summed E-state index contributed by atoms with van der Waals surface area (Å²) in [7, 11) is -3.50. The molecule has 1 fully saturated rings. The number of anilines is 1. The van der Waals surface area contributed by atoms with Gasteiger partial charge in [0.25, 0.3) is 0 Å². The number of Topliss-reactive ketones (excluding diaryl/α,β-unsaturated/α-hetero) is 1. The summed E-state index contributed by atoms with van der Waals surface area (Å²) >= 11 is 6.85. The molecule has 0 unspecified atom stereocenters. The fourth-order valence-electron chi connectivity index (χ4n) is 3.36. The van der Waals surface area contributed by atoms with Gasteiger partial charge in [-0.2, -0.15) is 4.39 Å². The molecule has 1 N–H and O–H groups in total. The van der Waals surface area contributed by atoms with Crippen molar-refractivity contribution in [3.05, 3.63) is 40.1 Å². The summed E-state index contributed by atoms with van der Waals surface area (Å²) in [5.74, 6) is -0.868. The van der Waals surface area contributed by atoms with Gasteiger partial charge in [-0.05, 0) is 36.5 Å². The van der Waals surface area contributed by atoms with Crippen LogP contribution in [0.4, 0.5) is 9.52 Å². The maximum Gasteiger partial charge on any atom is 0.233 e. The first-order chi connectivity index (χ1) is 13.1. The minimum atomic E-state index is -3.50. The molecule has 28 heavy (non-hydrogen) atoms. The van der Waals surface area contributed by atoms with Crippen molar-refractivity contribution in [2.24, 2.45) is 5.92 Å². The molecular weight excluding hydrogens is 427 g/mol. The standard InChI is InChI=1S/C18H18ClFN2O4S2/c1-28(25,26)15-5-3-11(8-14(15)19)13(7-10-2-4-12(23)6-10)17(24)22-18-21-9-16(20)27-18/h3,5,8-10,13H,2,4,6-7H2,1H3,(H,21,22,24)/t10-,13+/m0/s1. The molecule has 1 aliphatic carbocycles. The second-order valence-corrected chi connectivity index (χ2v) is 10.2. The summed E-state index contributed by atoms with van der Waals surface area (Å²) in [5, 5.41) is 2.23. The molecule has 6 nitrogen and oxygen atoms in total. The molecule has 1 aromatic heterocycles. The van der Waals surface area contributed by atoms with Gasteiger partial charge in [0.2, 0.25) is 5.91 Å². The zero-order valence-electron chi connectivity index (χ0n) is 14.9. The van der Waals surface area contributed by atoms with E-state index in [0.29, 0.717) is 42.6 Å². The Morgan fingerprint density at radius 2 is 2.21 bits per heavy atom. The predicted octanol–water partition coefficient (Wildman–Crippen LogP) is 3.82. The van der Waals surface area contributed by atoms with Crippen LogP contribution in [-0.4, -0.2) is 31.3 Å². The van der Waals surface area contributed by atoms with Crippen LogP contribution in [0.1, 0.15) is 37.2 Å². The molecule has 1 amide bonds. The van der Waals surface area contributed by atoms with Crippen LogP contribution in [0, 0.1) is 11.0 Å². The number of thiazole rings is 1. The second-order valence-electron chi connectivity index (χ2n) is 6.86. The zero-order valence-corrected chi connectivity index (χ0v) is 17.3. The first-order valence-electron chi connectivity index (χ1n) is 8.57. The second kappa shape index (κ2) is 8.26. The molecule has 1 saturated carbocycles. The lowest BCUT2D eigenvalue weighted by molar-refractivity contribution is -0.119. The van der Waals surface area contributed by atoms with Gasteiger partial charge in [0.1, 0.15) is 5.78 Å².